The molecule has 9 rings (SSSR count). The highest BCUT2D eigenvalue weighted by molar-refractivity contribution is 5.89. The van der Waals surface area contributed by atoms with Gasteiger partial charge >= 0.3 is 0 Å². The summed E-state index contributed by atoms with van der Waals surface area (Å²) in [6.07, 6.45) is 23.7. The van der Waals surface area contributed by atoms with Gasteiger partial charge in [0.1, 0.15) is 5.75 Å². The Balaban J connectivity index is 0.706. The molecular weight excluding hydrogens is 789 g/mol. The van der Waals surface area contributed by atoms with Gasteiger partial charge in [-0.25, -0.2) is 4.98 Å². The van der Waals surface area contributed by atoms with E-state index in [0.29, 0.717) is 40.0 Å². The number of anilines is 4. The first kappa shape index (κ1) is 44.6. The third-order valence-corrected chi connectivity index (χ3v) is 14.5. The minimum Gasteiger partial charge on any atom is -0.494 e. The van der Waals surface area contributed by atoms with Crippen molar-refractivity contribution in [1.29, 1.82) is 0 Å². The molecule has 1 saturated heterocycles. The molecule has 0 radical (unpaired) electrons. The number of piperazine rings is 1. The normalized spacial score (nSPS) is 21.8. The molecule has 0 atom stereocenters. The predicted octanol–water partition coefficient (Wildman–Crippen LogP) is 9.55. The maximum absolute atomic E-state index is 13.3. The summed E-state index contributed by atoms with van der Waals surface area (Å²) in [4.78, 5) is 52.3. The van der Waals surface area contributed by atoms with E-state index in [9.17, 15) is 14.4 Å². The summed E-state index contributed by atoms with van der Waals surface area (Å²) in [6, 6.07) is 14.9. The van der Waals surface area contributed by atoms with Gasteiger partial charge in [0.05, 0.1) is 18.5 Å². The van der Waals surface area contributed by atoms with Gasteiger partial charge in [-0.3, -0.25) is 23.9 Å². The van der Waals surface area contributed by atoms with Crippen molar-refractivity contribution < 1.29 is 14.3 Å². The highest BCUT2D eigenvalue weighted by atomic mass is 16.5. The molecule has 5 aliphatic rings. The molecule has 338 valence electrons. The van der Waals surface area contributed by atoms with Gasteiger partial charge in [0.2, 0.25) is 17.8 Å². The summed E-state index contributed by atoms with van der Waals surface area (Å²) in [6.45, 7) is 9.39. The fourth-order valence-corrected chi connectivity index (χ4v) is 11.8. The van der Waals surface area contributed by atoms with E-state index >= 15 is 0 Å². The second kappa shape index (κ2) is 20.7. The number of aromatic nitrogens is 3. The third kappa shape index (κ3) is 11.4. The lowest BCUT2D eigenvalue weighted by Crippen LogP contribution is -2.48. The van der Waals surface area contributed by atoms with Crippen LogP contribution >= 0.6 is 0 Å². The van der Waals surface area contributed by atoms with E-state index in [1.165, 1.54) is 114 Å². The van der Waals surface area contributed by atoms with Crippen LogP contribution in [0.3, 0.4) is 0 Å². The molecule has 12 nitrogen and oxygen atoms in total. The fraction of sp³-hybridized carbons (Fsp3) is 0.588. The van der Waals surface area contributed by atoms with E-state index in [2.05, 4.69) is 42.9 Å². The van der Waals surface area contributed by atoms with Crippen LogP contribution in [0, 0.1) is 30.1 Å². The van der Waals surface area contributed by atoms with Crippen LogP contribution in [0.25, 0.3) is 16.7 Å². The molecule has 4 aliphatic carbocycles. The Morgan fingerprint density at radius 3 is 2.14 bits per heavy atom. The Labute approximate surface area is 374 Å². The third-order valence-electron chi connectivity index (χ3n) is 14.5. The zero-order chi connectivity index (χ0) is 43.8. The van der Waals surface area contributed by atoms with E-state index in [1.54, 1.807) is 37.6 Å². The van der Waals surface area contributed by atoms with Crippen LogP contribution in [0.5, 0.6) is 5.75 Å². The molecule has 3 N–H and O–H groups in total. The number of carbonyl (C=O) groups is 2. The number of rotatable bonds is 21. The first-order valence-corrected chi connectivity index (χ1v) is 24.1. The number of carbonyl (C=O) groups excluding carboxylic acids is 2. The van der Waals surface area contributed by atoms with Gasteiger partial charge in [-0.2, -0.15) is 4.98 Å². The van der Waals surface area contributed by atoms with Crippen molar-refractivity contribution in [2.24, 2.45) is 23.2 Å². The molecule has 12 heteroatoms. The smallest absolute Gasteiger partial charge is 0.257 e. The predicted molar refractivity (Wildman–Crippen MR) is 254 cm³/mol. The standard InChI is InChI=1S/C51H70N8O4/c1-36-25-48(62)59(43-16-14-15-41(29-43)54-37(2)60)49-44(36)35-53-50(56-49)55-45-18-17-42(30-46(45)63-3)58-23-21-57(22-24-58)20-13-11-9-7-5-4-6-8-10-12-19-52-47(61)34-51-31-38-26-39(32-51)28-40(27-38)33-51/h14-18,25,29-30,35,38-40H,4-13,19-24,26-28,31-34H2,1-3H3,(H,52,61)(H,54,60)(H,53,55,56). The quantitative estimate of drug-likeness (QED) is 0.0701. The SMILES string of the molecule is COc1cc(N2CCN(CCCCCCCCCCCCNC(=O)CC34CC5CC(CC(C5)C3)C4)CC2)ccc1Nc1ncc2c(C)cc(=O)n(-c3cccc(NC(C)=O)c3)c2n1. The first-order valence-electron chi connectivity index (χ1n) is 24.1. The van der Waals surface area contributed by atoms with Crippen LogP contribution < -0.4 is 31.1 Å². The van der Waals surface area contributed by atoms with Gasteiger partial charge in [0.25, 0.3) is 5.56 Å². The Morgan fingerprint density at radius 1 is 0.810 bits per heavy atom. The molecule has 4 bridgehead atoms. The van der Waals surface area contributed by atoms with E-state index in [-0.39, 0.29) is 11.5 Å². The van der Waals surface area contributed by atoms with Gasteiger partial charge in [-0.05, 0) is 124 Å². The number of unbranched alkanes of at least 4 members (excludes halogenated alkanes) is 9. The highest BCUT2D eigenvalue weighted by Crippen LogP contribution is 2.61. The van der Waals surface area contributed by atoms with Crippen LogP contribution in [-0.2, 0) is 9.59 Å². The van der Waals surface area contributed by atoms with Gasteiger partial charge in [0.15, 0.2) is 5.65 Å². The molecule has 63 heavy (non-hydrogen) atoms. The average Bonchev–Trinajstić information content (AvgIpc) is 3.25. The number of methoxy groups -OCH3 is 1. The molecule has 2 aromatic heterocycles. The van der Waals surface area contributed by atoms with Crippen LogP contribution in [0.4, 0.5) is 23.0 Å². The molecule has 1 aliphatic heterocycles. The number of hydrogen-bond donors (Lipinski definition) is 3. The number of nitrogens with one attached hydrogen (secondary N) is 3. The van der Waals surface area contributed by atoms with Crippen molar-refractivity contribution in [3.63, 3.8) is 0 Å². The Hall–Kier alpha value is -4.97. The molecule has 4 saturated carbocycles. The number of fused-ring (bicyclic) bond motifs is 1. The van der Waals surface area contributed by atoms with Crippen molar-refractivity contribution in [1.82, 2.24) is 24.8 Å². The van der Waals surface area contributed by atoms with Crippen LogP contribution in [-0.4, -0.2) is 77.6 Å². The van der Waals surface area contributed by atoms with E-state index < -0.39 is 0 Å². The monoisotopic (exact) mass is 859 g/mol. The van der Waals surface area contributed by atoms with Crippen LogP contribution in [0.2, 0.25) is 0 Å². The minimum atomic E-state index is -0.226. The molecule has 2 amide bonds. The van der Waals surface area contributed by atoms with Gasteiger partial charge in [-0.15, -0.1) is 0 Å². The number of hydrogen-bond acceptors (Lipinski definition) is 9. The lowest BCUT2D eigenvalue weighted by Gasteiger charge is -2.56. The molecule has 0 spiro atoms. The average molecular weight is 859 g/mol. The number of aryl methyl sites for hydroxylation is 1. The zero-order valence-corrected chi connectivity index (χ0v) is 38.1. The van der Waals surface area contributed by atoms with Crippen molar-refractivity contribution in [3.05, 3.63) is 70.6 Å². The summed E-state index contributed by atoms with van der Waals surface area (Å²) in [7, 11) is 1.67. The molecular formula is C51H70N8O4. The van der Waals surface area contributed by atoms with Gasteiger partial charge in [0, 0.05) is 81.2 Å². The molecule has 0 unspecified atom stereocenters. The Bertz CT molecular complexity index is 2230. The fourth-order valence-electron chi connectivity index (χ4n) is 11.8. The second-order valence-corrected chi connectivity index (χ2v) is 19.5. The largest absolute Gasteiger partial charge is 0.494 e. The summed E-state index contributed by atoms with van der Waals surface area (Å²) in [5.74, 6) is 3.91. The van der Waals surface area contributed by atoms with Crippen molar-refractivity contribution >= 4 is 45.9 Å². The molecule has 5 fully saturated rings. The topological polar surface area (TPSA) is 134 Å². The highest BCUT2D eigenvalue weighted by Gasteiger charge is 2.51. The van der Waals surface area contributed by atoms with Crippen molar-refractivity contribution in [2.75, 3.05) is 61.9 Å². The van der Waals surface area contributed by atoms with Gasteiger partial charge < -0.3 is 25.6 Å². The van der Waals surface area contributed by atoms with Crippen LogP contribution in [0.1, 0.15) is 122 Å². The minimum absolute atomic E-state index is 0.189. The number of ether oxygens (including phenoxy) is 1. The lowest BCUT2D eigenvalue weighted by molar-refractivity contribution is -0.129. The molecule has 4 aromatic rings. The zero-order valence-electron chi connectivity index (χ0n) is 38.1. The number of nitrogens with zero attached hydrogens (tertiary/aromatic N) is 5. The second-order valence-electron chi connectivity index (χ2n) is 19.5. The lowest BCUT2D eigenvalue weighted by atomic mass is 9.49. The summed E-state index contributed by atoms with van der Waals surface area (Å²) >= 11 is 0. The van der Waals surface area contributed by atoms with E-state index in [0.717, 1.165) is 85.6 Å². The summed E-state index contributed by atoms with van der Waals surface area (Å²) in [5, 5.41) is 10.1. The summed E-state index contributed by atoms with van der Waals surface area (Å²) < 4.78 is 7.38. The number of amides is 2. The van der Waals surface area contributed by atoms with Crippen molar-refractivity contribution in [2.45, 2.75) is 123 Å². The maximum Gasteiger partial charge on any atom is 0.257 e. The van der Waals surface area contributed by atoms with E-state index in [1.807, 2.05) is 19.1 Å². The number of benzene rings is 2. The van der Waals surface area contributed by atoms with Gasteiger partial charge in [-0.1, -0.05) is 57.4 Å². The molecule has 3 heterocycles. The Morgan fingerprint density at radius 2 is 1.48 bits per heavy atom. The van der Waals surface area contributed by atoms with E-state index in [4.69, 9.17) is 9.72 Å². The molecule has 2 aromatic carbocycles. The van der Waals surface area contributed by atoms with Crippen LogP contribution in [0.15, 0.2) is 59.5 Å². The summed E-state index contributed by atoms with van der Waals surface area (Å²) in [5.41, 5.74) is 4.40. The van der Waals surface area contributed by atoms with Crippen molar-refractivity contribution in [3.8, 4) is 11.4 Å². The maximum atomic E-state index is 13.3. The number of pyridine rings is 1. The Kier molecular flexibility index (Phi) is 14.7. The first-order chi connectivity index (χ1) is 30.6.